The molecule has 0 spiro atoms. The van der Waals surface area contributed by atoms with E-state index in [1.165, 1.54) is 4.90 Å². The zero-order valence-electron chi connectivity index (χ0n) is 23.7. The van der Waals surface area contributed by atoms with Gasteiger partial charge in [0.1, 0.15) is 22.7 Å². The fraction of sp³-hybridized carbons (Fsp3) is 0.800. The first-order chi connectivity index (χ1) is 17.5. The summed E-state index contributed by atoms with van der Waals surface area (Å²) in [6.07, 6.45) is 1.21. The summed E-state index contributed by atoms with van der Waals surface area (Å²) in [5.74, 6) is -0.695. The molecule has 2 saturated heterocycles. The summed E-state index contributed by atoms with van der Waals surface area (Å²) >= 11 is 0. The molecule has 0 N–H and O–H groups in total. The maximum atomic E-state index is 12.3. The van der Waals surface area contributed by atoms with E-state index in [1.54, 1.807) is 32.6 Å². The number of carbonyl (C=O) groups is 3. The van der Waals surface area contributed by atoms with Crippen molar-refractivity contribution >= 4 is 28.1 Å². The predicted molar refractivity (Wildman–Crippen MR) is 137 cm³/mol. The number of hydrogen-bond acceptors (Lipinski definition) is 8. The fourth-order valence-corrected chi connectivity index (χ4v) is 4.27. The number of halogens is 3. The van der Waals surface area contributed by atoms with Gasteiger partial charge in [-0.3, -0.25) is 4.79 Å². The summed E-state index contributed by atoms with van der Waals surface area (Å²) in [5.41, 5.74) is -6.59. The molecular formula is C25H41F3N2O8S. The van der Waals surface area contributed by atoms with Crippen LogP contribution >= 0.6 is 0 Å². The van der Waals surface area contributed by atoms with Gasteiger partial charge in [-0.15, -0.1) is 0 Å². The van der Waals surface area contributed by atoms with E-state index in [2.05, 4.69) is 10.8 Å². The summed E-state index contributed by atoms with van der Waals surface area (Å²) in [6.45, 7) is 17.3. The number of hydrogen-bond donors (Lipinski definition) is 0. The van der Waals surface area contributed by atoms with Crippen LogP contribution in [0, 0.1) is 11.8 Å². The lowest BCUT2D eigenvalue weighted by atomic mass is 9.94. The molecule has 0 unspecified atom stereocenters. The van der Waals surface area contributed by atoms with Gasteiger partial charge in [0.15, 0.2) is 0 Å². The third-order valence-electron chi connectivity index (χ3n) is 5.82. The molecule has 2 aliphatic heterocycles. The largest absolute Gasteiger partial charge is 0.534 e. The van der Waals surface area contributed by atoms with E-state index in [0.29, 0.717) is 13.1 Å². The molecule has 0 aliphatic carbocycles. The molecule has 0 atom stereocenters. The van der Waals surface area contributed by atoms with Crippen molar-refractivity contribution in [1.82, 2.24) is 9.80 Å². The van der Waals surface area contributed by atoms with Gasteiger partial charge in [-0.05, 0) is 74.1 Å². The highest BCUT2D eigenvalue weighted by atomic mass is 32.2. The van der Waals surface area contributed by atoms with Gasteiger partial charge in [-0.25, -0.2) is 9.59 Å². The highest BCUT2D eigenvalue weighted by Crippen LogP contribution is 2.31. The normalized spacial score (nSPS) is 18.0. The highest BCUT2D eigenvalue weighted by molar-refractivity contribution is 7.87. The van der Waals surface area contributed by atoms with E-state index in [1.807, 2.05) is 20.8 Å². The number of Topliss-reactive ketones (excluding diaryl/α,β-unsaturated/α-hetero) is 1. The molecule has 0 aromatic carbocycles. The zero-order valence-corrected chi connectivity index (χ0v) is 24.5. The number of carbonyl (C=O) groups excluding carboxylic acids is 3. The third kappa shape index (κ3) is 12.0. The minimum absolute atomic E-state index is 0.124. The molecule has 2 aliphatic rings. The Kier molecular flexibility index (Phi) is 11.7. The molecular weight excluding hydrogens is 545 g/mol. The molecule has 2 rings (SSSR count). The molecule has 39 heavy (non-hydrogen) atoms. The summed E-state index contributed by atoms with van der Waals surface area (Å²) in [4.78, 5) is 37.8. The van der Waals surface area contributed by atoms with Crippen molar-refractivity contribution in [3.8, 4) is 0 Å². The maximum Gasteiger partial charge on any atom is 0.534 e. The van der Waals surface area contributed by atoms with Crippen LogP contribution in [-0.4, -0.2) is 79.1 Å². The Morgan fingerprint density at radius 1 is 0.744 bits per heavy atom. The molecule has 0 aromatic rings. The molecule has 0 aromatic heterocycles. The molecule has 14 heteroatoms. The van der Waals surface area contributed by atoms with E-state index in [4.69, 9.17) is 9.47 Å². The second kappa shape index (κ2) is 13.2. The van der Waals surface area contributed by atoms with E-state index in [-0.39, 0.29) is 43.7 Å². The van der Waals surface area contributed by atoms with Crippen LogP contribution in [-0.2, 0) is 28.6 Å². The molecule has 0 saturated carbocycles. The van der Waals surface area contributed by atoms with Gasteiger partial charge in [-0.2, -0.15) is 21.6 Å². The number of ketones is 1. The number of nitrogens with zero attached hydrogens (tertiary/aromatic N) is 2. The van der Waals surface area contributed by atoms with Crippen molar-refractivity contribution in [2.24, 2.45) is 11.8 Å². The standard InChI is InChI=1S/C13H20F3NO5S.C12H21NO3/c1-9(22-23(19,20)13(14,15)16)10-5-7-17(8-6-10)11(18)21-12(2,3)4;1-9(14)10-5-7-13(8-6-10)11(15)16-12(2,3)4/h10H,1,5-8H2,2-4H3;10H,5-8H2,1-4H3. The van der Waals surface area contributed by atoms with Gasteiger partial charge in [0.2, 0.25) is 0 Å². The third-order valence-corrected chi connectivity index (χ3v) is 6.82. The van der Waals surface area contributed by atoms with Crippen LogP contribution in [0.25, 0.3) is 0 Å². The van der Waals surface area contributed by atoms with Crippen molar-refractivity contribution in [3.63, 3.8) is 0 Å². The van der Waals surface area contributed by atoms with E-state index in [0.717, 1.165) is 12.8 Å². The summed E-state index contributed by atoms with van der Waals surface area (Å²) < 4.78 is 73.2. The van der Waals surface area contributed by atoms with E-state index < -0.39 is 44.6 Å². The minimum atomic E-state index is -5.70. The Bertz CT molecular complexity index is 984. The smallest absolute Gasteiger partial charge is 0.444 e. The van der Waals surface area contributed by atoms with Gasteiger partial charge in [0, 0.05) is 38.0 Å². The fourth-order valence-electron chi connectivity index (χ4n) is 3.76. The van der Waals surface area contributed by atoms with Crippen molar-refractivity contribution in [2.45, 2.75) is 90.9 Å². The predicted octanol–water partition coefficient (Wildman–Crippen LogP) is 5.24. The number of rotatable bonds is 4. The topological polar surface area (TPSA) is 120 Å². The average molecular weight is 587 g/mol. The number of likely N-dealkylation sites (tertiary alicyclic amines) is 2. The molecule has 0 bridgehead atoms. The van der Waals surface area contributed by atoms with Crippen LogP contribution in [0.3, 0.4) is 0 Å². The Balaban J connectivity index is 0.000000416. The molecule has 2 amide bonds. The van der Waals surface area contributed by atoms with Crippen molar-refractivity contribution < 1.29 is 49.6 Å². The van der Waals surface area contributed by atoms with Gasteiger partial charge in [-0.1, -0.05) is 6.58 Å². The molecule has 2 fully saturated rings. The SMILES string of the molecule is C=C(OS(=O)(=O)C(F)(F)F)C1CCN(C(=O)OC(C)(C)C)CC1.CC(=O)C1CCN(C(=O)OC(C)(C)C)CC1. The Morgan fingerprint density at radius 3 is 1.36 bits per heavy atom. The van der Waals surface area contributed by atoms with Crippen LogP contribution in [0.4, 0.5) is 22.8 Å². The number of amides is 2. The lowest BCUT2D eigenvalue weighted by Crippen LogP contribution is -2.42. The number of allylic oxidation sites excluding steroid dienone is 1. The lowest BCUT2D eigenvalue weighted by Gasteiger charge is -2.33. The summed E-state index contributed by atoms with van der Waals surface area (Å²) in [5, 5.41) is 0. The first-order valence-electron chi connectivity index (χ1n) is 12.7. The van der Waals surface area contributed by atoms with Crippen molar-refractivity contribution in [3.05, 3.63) is 12.3 Å². The maximum absolute atomic E-state index is 12.3. The highest BCUT2D eigenvalue weighted by Gasteiger charge is 2.49. The molecule has 226 valence electrons. The quantitative estimate of drug-likeness (QED) is 0.249. The Labute approximate surface area is 228 Å². The van der Waals surface area contributed by atoms with Crippen LogP contribution in [0.5, 0.6) is 0 Å². The minimum Gasteiger partial charge on any atom is -0.444 e. The Morgan fingerprint density at radius 2 is 1.08 bits per heavy atom. The van der Waals surface area contributed by atoms with Crippen LogP contribution in [0.1, 0.15) is 74.1 Å². The summed E-state index contributed by atoms with van der Waals surface area (Å²) in [6, 6.07) is 0. The summed E-state index contributed by atoms with van der Waals surface area (Å²) in [7, 11) is -5.70. The second-order valence-corrected chi connectivity index (χ2v) is 13.1. The second-order valence-electron chi connectivity index (χ2n) is 11.5. The van der Waals surface area contributed by atoms with Crippen LogP contribution in [0.15, 0.2) is 12.3 Å². The van der Waals surface area contributed by atoms with Gasteiger partial charge < -0.3 is 23.5 Å². The zero-order chi connectivity index (χ0) is 30.4. The monoisotopic (exact) mass is 586 g/mol. The first kappa shape index (κ1) is 34.5. The Hall–Kier alpha value is -2.51. The number of piperidine rings is 2. The molecule has 10 nitrogen and oxygen atoms in total. The molecule has 0 radical (unpaired) electrons. The van der Waals surface area contributed by atoms with Crippen molar-refractivity contribution in [1.29, 1.82) is 0 Å². The van der Waals surface area contributed by atoms with Gasteiger partial charge >= 0.3 is 27.8 Å². The van der Waals surface area contributed by atoms with Crippen LogP contribution in [0.2, 0.25) is 0 Å². The van der Waals surface area contributed by atoms with E-state index in [9.17, 15) is 36.0 Å². The van der Waals surface area contributed by atoms with Gasteiger partial charge in [0.25, 0.3) is 0 Å². The van der Waals surface area contributed by atoms with Crippen LogP contribution < -0.4 is 0 Å². The first-order valence-corrected chi connectivity index (χ1v) is 14.1. The molecule has 2 heterocycles. The lowest BCUT2D eigenvalue weighted by molar-refractivity contribution is -0.122. The number of alkyl halides is 3. The number of ether oxygens (including phenoxy) is 2. The van der Waals surface area contributed by atoms with Gasteiger partial charge in [0.05, 0.1) is 0 Å². The van der Waals surface area contributed by atoms with Crippen molar-refractivity contribution in [2.75, 3.05) is 26.2 Å². The van der Waals surface area contributed by atoms with E-state index >= 15 is 0 Å². The average Bonchev–Trinajstić information content (AvgIpc) is 2.76.